The van der Waals surface area contributed by atoms with Gasteiger partial charge in [-0.2, -0.15) is 0 Å². The molecule has 0 spiro atoms. The molecule has 2 amide bonds. The van der Waals surface area contributed by atoms with E-state index >= 15 is 0 Å². The van der Waals surface area contributed by atoms with Crippen LogP contribution in [0.1, 0.15) is 16.7 Å². The van der Waals surface area contributed by atoms with Crippen LogP contribution in [0.15, 0.2) is 54.6 Å². The first kappa shape index (κ1) is 20.5. The first-order chi connectivity index (χ1) is 13.6. The summed E-state index contributed by atoms with van der Waals surface area (Å²) in [5, 5.41) is 22.3. The summed E-state index contributed by atoms with van der Waals surface area (Å²) in [6, 6.07) is 16.0. The molecule has 0 aromatic heterocycles. The summed E-state index contributed by atoms with van der Waals surface area (Å²) in [5.41, 5.74) is 4.07. The van der Waals surface area contributed by atoms with Gasteiger partial charge in [0.25, 0.3) is 5.91 Å². The van der Waals surface area contributed by atoms with Crippen LogP contribution < -0.4 is 16.1 Å². The van der Waals surface area contributed by atoms with E-state index in [2.05, 4.69) is 34.3 Å². The zero-order chi connectivity index (χ0) is 20.2. The molecule has 0 saturated carbocycles. The van der Waals surface area contributed by atoms with Gasteiger partial charge in [-0.25, -0.2) is 10.3 Å². The van der Waals surface area contributed by atoms with Crippen molar-refractivity contribution >= 4 is 12.0 Å². The molecule has 0 aliphatic heterocycles. The van der Waals surface area contributed by atoms with E-state index in [4.69, 9.17) is 10.3 Å². The molecule has 7 nitrogen and oxygen atoms in total. The lowest BCUT2D eigenvalue weighted by atomic mass is 10.1. The average molecular weight is 377 g/mol. The van der Waals surface area contributed by atoms with Crippen LogP contribution in [0.3, 0.4) is 0 Å². The van der Waals surface area contributed by atoms with Crippen molar-refractivity contribution in [1.29, 1.82) is 0 Å². The third-order valence-electron chi connectivity index (χ3n) is 3.64. The number of carboxylic acid groups (broad SMARTS) is 1. The largest absolute Gasteiger partial charge is 0.465 e. The molecule has 0 fully saturated rings. The van der Waals surface area contributed by atoms with Gasteiger partial charge in [-0.3, -0.25) is 10.0 Å². The number of rotatable bonds is 6. The van der Waals surface area contributed by atoms with Crippen molar-refractivity contribution in [2.45, 2.75) is 12.6 Å². The van der Waals surface area contributed by atoms with Crippen LogP contribution >= 0.6 is 0 Å². The van der Waals surface area contributed by atoms with Crippen molar-refractivity contribution in [3.8, 4) is 23.7 Å². The molecule has 7 heteroatoms. The van der Waals surface area contributed by atoms with E-state index in [1.807, 2.05) is 54.6 Å². The molecule has 0 saturated heterocycles. The number of hydroxylamine groups is 1. The van der Waals surface area contributed by atoms with Crippen LogP contribution in [0.5, 0.6) is 0 Å². The number of carbonyl (C=O) groups excluding carboxylic acids is 1. The molecule has 2 rings (SSSR count). The number of nitrogens with one attached hydrogen (secondary N) is 3. The van der Waals surface area contributed by atoms with Crippen LogP contribution in [0.4, 0.5) is 4.79 Å². The second-order valence-electron chi connectivity index (χ2n) is 5.66. The number of hydrogen-bond donors (Lipinski definition) is 5. The lowest BCUT2D eigenvalue weighted by molar-refractivity contribution is -0.131. The quantitative estimate of drug-likeness (QED) is 0.296. The summed E-state index contributed by atoms with van der Waals surface area (Å²) < 4.78 is 0. The first-order valence-electron chi connectivity index (χ1n) is 8.38. The summed E-state index contributed by atoms with van der Waals surface area (Å²) in [4.78, 5) is 22.1. The van der Waals surface area contributed by atoms with E-state index in [0.29, 0.717) is 6.54 Å². The summed E-state index contributed by atoms with van der Waals surface area (Å²) in [5.74, 6) is 10.8. The van der Waals surface area contributed by atoms with Crippen molar-refractivity contribution in [3.05, 3.63) is 71.3 Å². The molecule has 28 heavy (non-hydrogen) atoms. The minimum Gasteiger partial charge on any atom is -0.465 e. The maximum Gasteiger partial charge on any atom is 0.404 e. The maximum absolute atomic E-state index is 11.6. The molecule has 0 heterocycles. The van der Waals surface area contributed by atoms with Crippen molar-refractivity contribution in [1.82, 2.24) is 16.1 Å². The maximum atomic E-state index is 11.6. The van der Waals surface area contributed by atoms with Crippen molar-refractivity contribution < 1.29 is 19.9 Å². The highest BCUT2D eigenvalue weighted by Gasteiger charge is 2.17. The smallest absolute Gasteiger partial charge is 0.404 e. The van der Waals surface area contributed by atoms with Crippen molar-refractivity contribution in [2.24, 2.45) is 0 Å². The van der Waals surface area contributed by atoms with E-state index in [1.54, 1.807) is 0 Å². The fourth-order valence-electron chi connectivity index (χ4n) is 2.20. The summed E-state index contributed by atoms with van der Waals surface area (Å²) in [6.45, 7) is 0.131. The van der Waals surface area contributed by atoms with Gasteiger partial charge in [0.1, 0.15) is 6.04 Å². The van der Waals surface area contributed by atoms with Crippen molar-refractivity contribution in [2.75, 3.05) is 6.54 Å². The number of amides is 2. The van der Waals surface area contributed by atoms with Gasteiger partial charge in [0.2, 0.25) is 0 Å². The predicted octanol–water partition coefficient (Wildman–Crippen LogP) is 1.32. The van der Waals surface area contributed by atoms with E-state index < -0.39 is 18.0 Å². The van der Waals surface area contributed by atoms with Crippen LogP contribution in [0, 0.1) is 23.7 Å². The van der Waals surface area contributed by atoms with Gasteiger partial charge in [-0.1, -0.05) is 42.2 Å². The summed E-state index contributed by atoms with van der Waals surface area (Å²) in [6.07, 6.45) is -1.25. The van der Waals surface area contributed by atoms with Gasteiger partial charge in [-0.05, 0) is 41.7 Å². The molecule has 0 aliphatic carbocycles. The Morgan fingerprint density at radius 3 is 2.11 bits per heavy atom. The number of benzene rings is 2. The second kappa shape index (κ2) is 11.0. The lowest BCUT2D eigenvalue weighted by Crippen LogP contribution is -2.49. The number of carbonyl (C=O) groups is 2. The van der Waals surface area contributed by atoms with Crippen molar-refractivity contribution in [3.63, 3.8) is 0 Å². The molecule has 0 bridgehead atoms. The van der Waals surface area contributed by atoms with Crippen LogP contribution in [-0.2, 0) is 11.3 Å². The standard InChI is InChI=1S/C21H19N3O4/c25-20(24-28)19(15-23-21(26)27)22-14-18-12-10-17(11-13-18)9-5-4-8-16-6-2-1-3-7-16/h1-3,6-7,10-13,19,22-23,28H,14-15H2,(H,24,25)(H,26,27)/t19-/m0/s1. The fraction of sp³-hybridized carbons (Fsp3) is 0.143. The highest BCUT2D eigenvalue weighted by Crippen LogP contribution is 2.03. The summed E-state index contributed by atoms with van der Waals surface area (Å²) in [7, 11) is 0. The Balaban J connectivity index is 1.91. The Bertz CT molecular complexity index is 919. The Morgan fingerprint density at radius 2 is 1.54 bits per heavy atom. The van der Waals surface area contributed by atoms with Gasteiger partial charge >= 0.3 is 6.09 Å². The Labute approximate surface area is 162 Å². The van der Waals surface area contributed by atoms with Gasteiger partial charge in [0, 0.05) is 24.2 Å². The minimum atomic E-state index is -1.25. The van der Waals surface area contributed by atoms with Crippen LogP contribution in [0.25, 0.3) is 0 Å². The fourth-order valence-corrected chi connectivity index (χ4v) is 2.20. The Hall–Kier alpha value is -3.78. The lowest BCUT2D eigenvalue weighted by Gasteiger charge is -2.16. The normalized spacial score (nSPS) is 10.5. The zero-order valence-electron chi connectivity index (χ0n) is 14.9. The third kappa shape index (κ3) is 7.22. The molecule has 0 radical (unpaired) electrons. The molecular weight excluding hydrogens is 358 g/mol. The monoisotopic (exact) mass is 377 g/mol. The second-order valence-corrected chi connectivity index (χ2v) is 5.66. The average Bonchev–Trinajstić information content (AvgIpc) is 2.72. The Kier molecular flexibility index (Phi) is 8.10. The third-order valence-corrected chi connectivity index (χ3v) is 3.64. The van der Waals surface area contributed by atoms with Gasteiger partial charge in [-0.15, -0.1) is 0 Å². The first-order valence-corrected chi connectivity index (χ1v) is 8.38. The van der Waals surface area contributed by atoms with E-state index in [1.165, 1.54) is 5.48 Å². The molecule has 2 aromatic carbocycles. The highest BCUT2D eigenvalue weighted by atomic mass is 16.5. The molecule has 2 aromatic rings. The van der Waals surface area contributed by atoms with Gasteiger partial charge in [0.05, 0.1) is 0 Å². The van der Waals surface area contributed by atoms with Gasteiger partial charge < -0.3 is 15.7 Å². The molecular formula is C21H19N3O4. The minimum absolute atomic E-state index is 0.175. The molecule has 5 N–H and O–H groups in total. The van der Waals surface area contributed by atoms with E-state index in [0.717, 1.165) is 16.7 Å². The predicted molar refractivity (Wildman–Crippen MR) is 103 cm³/mol. The molecule has 0 unspecified atom stereocenters. The molecule has 142 valence electrons. The van der Waals surface area contributed by atoms with Crippen LogP contribution in [0.2, 0.25) is 0 Å². The molecule has 0 aliphatic rings. The zero-order valence-corrected chi connectivity index (χ0v) is 14.9. The van der Waals surface area contributed by atoms with Gasteiger partial charge in [0.15, 0.2) is 0 Å². The van der Waals surface area contributed by atoms with Crippen LogP contribution in [-0.4, -0.2) is 34.9 Å². The SMILES string of the molecule is O=C(O)NC[C@H](NCc1ccc(C#CC#Cc2ccccc2)cc1)C(=O)NO. The van der Waals surface area contributed by atoms with E-state index in [9.17, 15) is 9.59 Å². The topological polar surface area (TPSA) is 111 Å². The number of hydrogen-bond acceptors (Lipinski definition) is 4. The highest BCUT2D eigenvalue weighted by molar-refractivity contribution is 5.81. The summed E-state index contributed by atoms with van der Waals surface area (Å²) >= 11 is 0. The molecule has 1 atom stereocenters. The Morgan fingerprint density at radius 1 is 0.929 bits per heavy atom. The van der Waals surface area contributed by atoms with E-state index in [-0.39, 0.29) is 6.54 Å².